The van der Waals surface area contributed by atoms with Crippen molar-refractivity contribution in [1.29, 1.82) is 0 Å². The molecule has 0 fully saturated rings. The first-order valence-corrected chi connectivity index (χ1v) is 20.4. The van der Waals surface area contributed by atoms with Crippen molar-refractivity contribution in [3.05, 3.63) is 120 Å². The molecule has 322 valence electrons. The van der Waals surface area contributed by atoms with Gasteiger partial charge < -0.3 is 47.9 Å². The summed E-state index contributed by atoms with van der Waals surface area (Å²) in [5, 5.41) is 0. The molecule has 12 nitrogen and oxygen atoms in total. The lowest BCUT2D eigenvalue weighted by Gasteiger charge is -2.15. The SMILES string of the molecule is COc1cccc(OC)c1-c1c2nc(c(-c3c(OC)cccc3OC)c3ccc([nH]3)c(-c3c(OC)cccc3OC)c3nc(c(-c4c(OC)cccc4OC)c4ccc1[nH]4)C=C3)C=C2. The maximum absolute atomic E-state index is 6.04. The first kappa shape index (κ1) is 41.2. The Morgan fingerprint density at radius 1 is 0.266 bits per heavy atom. The van der Waals surface area contributed by atoms with Gasteiger partial charge >= 0.3 is 0 Å². The Kier molecular flexibility index (Phi) is 11.2. The molecular weight excluding hydrogens is 809 g/mol. The van der Waals surface area contributed by atoms with Crippen molar-refractivity contribution in [3.8, 4) is 90.5 Å². The van der Waals surface area contributed by atoms with Crippen LogP contribution in [0.15, 0.2) is 97.1 Å². The summed E-state index contributed by atoms with van der Waals surface area (Å²) in [4.78, 5) is 18.5. The molecule has 2 aliphatic rings. The van der Waals surface area contributed by atoms with Crippen LogP contribution in [0.4, 0.5) is 0 Å². The summed E-state index contributed by atoms with van der Waals surface area (Å²) >= 11 is 0. The van der Waals surface area contributed by atoms with Crippen molar-refractivity contribution < 1.29 is 37.9 Å². The van der Waals surface area contributed by atoms with Crippen molar-refractivity contribution in [2.75, 3.05) is 56.9 Å². The predicted octanol–water partition coefficient (Wildman–Crippen LogP) is 11.4. The van der Waals surface area contributed by atoms with E-state index in [0.717, 1.165) is 44.3 Å². The number of benzene rings is 4. The molecule has 64 heavy (non-hydrogen) atoms. The zero-order valence-corrected chi connectivity index (χ0v) is 36.7. The van der Waals surface area contributed by atoms with E-state index < -0.39 is 0 Å². The fourth-order valence-electron chi connectivity index (χ4n) is 8.65. The lowest BCUT2D eigenvalue weighted by molar-refractivity contribution is 0.397. The van der Waals surface area contributed by atoms with Gasteiger partial charge in [0.1, 0.15) is 46.0 Å². The number of nitrogens with one attached hydrogen (secondary N) is 2. The largest absolute Gasteiger partial charge is 0.496 e. The normalized spacial score (nSPS) is 11.6. The van der Waals surface area contributed by atoms with Crippen LogP contribution in [-0.2, 0) is 0 Å². The van der Waals surface area contributed by atoms with E-state index in [0.29, 0.717) is 91.0 Å². The van der Waals surface area contributed by atoms with Crippen LogP contribution in [0.25, 0.3) is 90.9 Å². The lowest BCUT2D eigenvalue weighted by atomic mass is 10.0. The summed E-state index contributed by atoms with van der Waals surface area (Å²) in [6, 6.07) is 31.0. The van der Waals surface area contributed by atoms with E-state index in [-0.39, 0.29) is 0 Å². The number of ether oxygens (including phenoxy) is 8. The van der Waals surface area contributed by atoms with Gasteiger partial charge in [0.15, 0.2) is 0 Å². The van der Waals surface area contributed by atoms with Crippen LogP contribution in [0, 0.1) is 0 Å². The van der Waals surface area contributed by atoms with Crippen molar-refractivity contribution in [2.24, 2.45) is 0 Å². The van der Waals surface area contributed by atoms with Crippen molar-refractivity contribution in [1.82, 2.24) is 19.9 Å². The molecule has 7 aromatic rings. The van der Waals surface area contributed by atoms with Gasteiger partial charge in [0.25, 0.3) is 0 Å². The summed E-state index contributed by atoms with van der Waals surface area (Å²) in [6.07, 6.45) is 7.99. The van der Waals surface area contributed by atoms with Gasteiger partial charge in [0.05, 0.1) is 102 Å². The van der Waals surface area contributed by atoms with E-state index in [2.05, 4.69) is 9.97 Å². The van der Waals surface area contributed by atoms with Gasteiger partial charge in [-0.2, -0.15) is 0 Å². The highest BCUT2D eigenvalue weighted by atomic mass is 16.5. The summed E-state index contributed by atoms with van der Waals surface area (Å²) < 4.78 is 48.3. The van der Waals surface area contributed by atoms with Crippen LogP contribution >= 0.6 is 0 Å². The third kappa shape index (κ3) is 6.89. The zero-order valence-electron chi connectivity index (χ0n) is 36.7. The third-order valence-electron chi connectivity index (χ3n) is 11.5. The molecule has 8 bridgehead atoms. The Morgan fingerprint density at radius 3 is 0.625 bits per heavy atom. The number of fused-ring (bicyclic) bond motifs is 8. The Hall–Kier alpha value is -8.12. The van der Waals surface area contributed by atoms with E-state index in [1.807, 2.05) is 121 Å². The molecule has 2 aliphatic heterocycles. The lowest BCUT2D eigenvalue weighted by Crippen LogP contribution is -1.97. The molecule has 0 atom stereocenters. The highest BCUT2D eigenvalue weighted by Gasteiger charge is 2.27. The van der Waals surface area contributed by atoms with Gasteiger partial charge in [-0.05, 0) is 97.1 Å². The van der Waals surface area contributed by atoms with E-state index >= 15 is 0 Å². The van der Waals surface area contributed by atoms with E-state index in [1.54, 1.807) is 56.9 Å². The maximum atomic E-state index is 6.04. The van der Waals surface area contributed by atoms with Crippen molar-refractivity contribution in [2.45, 2.75) is 0 Å². The molecule has 0 radical (unpaired) electrons. The van der Waals surface area contributed by atoms with Gasteiger partial charge in [-0.1, -0.05) is 24.3 Å². The molecule has 3 aromatic heterocycles. The van der Waals surface area contributed by atoms with E-state index in [9.17, 15) is 0 Å². The smallest absolute Gasteiger partial charge is 0.130 e. The van der Waals surface area contributed by atoms with Crippen LogP contribution in [0.2, 0.25) is 0 Å². The summed E-state index contributed by atoms with van der Waals surface area (Å²) in [5.41, 5.74) is 11.3. The summed E-state index contributed by atoms with van der Waals surface area (Å²) in [7, 11) is 13.2. The molecule has 0 amide bonds. The Morgan fingerprint density at radius 2 is 0.453 bits per heavy atom. The number of nitrogens with zero attached hydrogens (tertiary/aromatic N) is 2. The van der Waals surface area contributed by atoms with Gasteiger partial charge in [0.2, 0.25) is 0 Å². The topological polar surface area (TPSA) is 131 Å². The number of methoxy groups -OCH3 is 8. The Labute approximate surface area is 370 Å². The quantitative estimate of drug-likeness (QED) is 0.122. The molecule has 0 saturated heterocycles. The highest BCUT2D eigenvalue weighted by molar-refractivity contribution is 6.03. The molecule has 0 unspecified atom stereocenters. The maximum Gasteiger partial charge on any atom is 0.130 e. The molecule has 0 spiro atoms. The minimum Gasteiger partial charge on any atom is -0.496 e. The van der Waals surface area contributed by atoms with Crippen LogP contribution in [0.5, 0.6) is 46.0 Å². The second kappa shape index (κ2) is 17.3. The van der Waals surface area contributed by atoms with Gasteiger partial charge in [-0.15, -0.1) is 0 Å². The third-order valence-corrected chi connectivity index (χ3v) is 11.5. The highest BCUT2D eigenvalue weighted by Crippen LogP contribution is 2.49. The molecule has 9 rings (SSSR count). The number of aromatic amines is 2. The number of aromatic nitrogens is 4. The van der Waals surface area contributed by atoms with E-state index in [4.69, 9.17) is 47.9 Å². The molecule has 2 N–H and O–H groups in total. The molecule has 4 aromatic carbocycles. The fraction of sp³-hybridized carbons (Fsp3) is 0.154. The number of rotatable bonds is 12. The predicted molar refractivity (Wildman–Crippen MR) is 253 cm³/mol. The summed E-state index contributed by atoms with van der Waals surface area (Å²) in [5.74, 6) is 4.79. The van der Waals surface area contributed by atoms with Crippen molar-refractivity contribution >= 4 is 46.4 Å². The monoisotopic (exact) mass is 854 g/mol. The first-order chi connectivity index (χ1) is 31.4. The van der Waals surface area contributed by atoms with Gasteiger partial charge in [-0.3, -0.25) is 0 Å². The van der Waals surface area contributed by atoms with Crippen LogP contribution < -0.4 is 37.9 Å². The van der Waals surface area contributed by atoms with Gasteiger partial charge in [0, 0.05) is 44.3 Å². The average molecular weight is 855 g/mol. The molecular formula is C52H46N4O8. The van der Waals surface area contributed by atoms with Crippen LogP contribution in [-0.4, -0.2) is 76.8 Å². The summed E-state index contributed by atoms with van der Waals surface area (Å²) in [6.45, 7) is 0. The average Bonchev–Trinajstić information content (AvgIpc) is 4.20. The number of hydrogen-bond donors (Lipinski definition) is 2. The fourth-order valence-corrected chi connectivity index (χ4v) is 8.65. The van der Waals surface area contributed by atoms with Crippen LogP contribution in [0.1, 0.15) is 22.8 Å². The Balaban J connectivity index is 1.56. The minimum atomic E-state index is 0.599. The second-order valence-corrected chi connectivity index (χ2v) is 14.7. The van der Waals surface area contributed by atoms with Gasteiger partial charge in [-0.25, -0.2) is 9.97 Å². The Bertz CT molecular complexity index is 2680. The molecule has 12 heteroatoms. The van der Waals surface area contributed by atoms with Crippen molar-refractivity contribution in [3.63, 3.8) is 0 Å². The van der Waals surface area contributed by atoms with E-state index in [1.165, 1.54) is 0 Å². The minimum absolute atomic E-state index is 0.599. The number of H-pyrrole nitrogens is 2. The molecule has 0 aliphatic carbocycles. The number of hydrogen-bond acceptors (Lipinski definition) is 10. The standard InChI is InChI=1S/C52H46N4O8/c1-57-37-13-9-14-38(58-2)49(37)45-29-21-23-31(53-29)46(50-39(59-3)15-10-16-40(50)60-4)33-25-27-35(55-33)48(52-43(63-7)19-12-20-44(52)64-8)36-28-26-34(56-36)47(32-24-22-30(45)54-32)51-41(61-5)17-11-18-42(51)62-6/h9-28,53,56H,1-8H3. The first-order valence-electron chi connectivity index (χ1n) is 20.4. The molecule has 0 saturated carbocycles. The zero-order chi connectivity index (χ0) is 44.5. The van der Waals surface area contributed by atoms with Crippen LogP contribution in [0.3, 0.4) is 0 Å². The molecule has 5 heterocycles. The second-order valence-electron chi connectivity index (χ2n) is 14.7.